The molecule has 0 aliphatic rings. The molecule has 4 heteroatoms. The van der Waals surface area contributed by atoms with Gasteiger partial charge in [0.05, 0.1) is 11.3 Å². The smallest absolute Gasteiger partial charge is 0.337 e. The minimum absolute atomic E-state index is 0.238. The zero-order valence-corrected chi connectivity index (χ0v) is 10.5. The van der Waals surface area contributed by atoms with Crippen molar-refractivity contribution < 1.29 is 14.3 Å². The molecule has 0 aliphatic carbocycles. The molecule has 0 aliphatic heterocycles. The molecule has 0 radical (unpaired) electrons. The van der Waals surface area contributed by atoms with Crippen LogP contribution in [0.1, 0.15) is 21.5 Å². The fourth-order valence-corrected chi connectivity index (χ4v) is 1.87. The maximum atomic E-state index is 12.8. The summed E-state index contributed by atoms with van der Waals surface area (Å²) in [5, 5.41) is 12.2. The number of aryl methyl sites for hydroxylation is 1. The minimum atomic E-state index is -0.967. The van der Waals surface area contributed by atoms with Crippen LogP contribution in [0.4, 0.5) is 10.1 Å². The number of para-hydroxylation sites is 1. The number of hydrogen-bond acceptors (Lipinski definition) is 2. The first-order chi connectivity index (χ1) is 9.08. The number of carbonyl (C=O) groups is 1. The van der Waals surface area contributed by atoms with Gasteiger partial charge in [-0.25, -0.2) is 9.18 Å². The SMILES string of the molecule is Cc1cccc(C(=O)O)c1NCc1ccc(F)cc1. The number of halogens is 1. The fraction of sp³-hybridized carbons (Fsp3) is 0.133. The maximum absolute atomic E-state index is 12.8. The molecule has 19 heavy (non-hydrogen) atoms. The summed E-state index contributed by atoms with van der Waals surface area (Å²) in [5.74, 6) is -1.25. The second-order valence-corrected chi connectivity index (χ2v) is 4.28. The van der Waals surface area contributed by atoms with E-state index in [1.165, 1.54) is 12.1 Å². The second kappa shape index (κ2) is 5.52. The van der Waals surface area contributed by atoms with Gasteiger partial charge in [-0.2, -0.15) is 0 Å². The van der Waals surface area contributed by atoms with Crippen molar-refractivity contribution in [3.05, 3.63) is 65.0 Å². The molecule has 2 rings (SSSR count). The van der Waals surface area contributed by atoms with E-state index in [1.54, 1.807) is 24.3 Å². The van der Waals surface area contributed by atoms with E-state index in [0.717, 1.165) is 11.1 Å². The molecule has 2 N–H and O–H groups in total. The average Bonchev–Trinajstić information content (AvgIpc) is 2.39. The third-order valence-corrected chi connectivity index (χ3v) is 2.89. The number of hydrogen-bond donors (Lipinski definition) is 2. The molecule has 0 amide bonds. The summed E-state index contributed by atoms with van der Waals surface area (Å²) in [4.78, 5) is 11.1. The molecule has 2 aromatic rings. The lowest BCUT2D eigenvalue weighted by molar-refractivity contribution is 0.0698. The number of carboxylic acid groups (broad SMARTS) is 1. The Morgan fingerprint density at radius 3 is 2.53 bits per heavy atom. The normalized spacial score (nSPS) is 10.2. The van der Waals surface area contributed by atoms with E-state index in [-0.39, 0.29) is 11.4 Å². The van der Waals surface area contributed by atoms with Gasteiger partial charge in [0.15, 0.2) is 0 Å². The van der Waals surface area contributed by atoms with Crippen LogP contribution in [-0.2, 0) is 6.54 Å². The monoisotopic (exact) mass is 259 g/mol. The molecule has 0 heterocycles. The van der Waals surface area contributed by atoms with Crippen LogP contribution in [0.3, 0.4) is 0 Å². The standard InChI is InChI=1S/C15H14FNO2/c1-10-3-2-4-13(15(18)19)14(10)17-9-11-5-7-12(16)8-6-11/h2-8,17H,9H2,1H3,(H,18,19). The first kappa shape index (κ1) is 13.1. The molecular formula is C15H14FNO2. The van der Waals surface area contributed by atoms with Crippen molar-refractivity contribution in [2.75, 3.05) is 5.32 Å². The highest BCUT2D eigenvalue weighted by Crippen LogP contribution is 2.21. The number of rotatable bonds is 4. The highest BCUT2D eigenvalue weighted by Gasteiger charge is 2.11. The number of nitrogens with one attached hydrogen (secondary N) is 1. The van der Waals surface area contributed by atoms with Crippen molar-refractivity contribution in [1.29, 1.82) is 0 Å². The number of carboxylic acids is 1. The molecule has 0 spiro atoms. The topological polar surface area (TPSA) is 49.3 Å². The summed E-state index contributed by atoms with van der Waals surface area (Å²) in [6.07, 6.45) is 0. The summed E-state index contributed by atoms with van der Waals surface area (Å²) < 4.78 is 12.8. The lowest BCUT2D eigenvalue weighted by Gasteiger charge is -2.12. The van der Waals surface area contributed by atoms with Crippen LogP contribution in [0.25, 0.3) is 0 Å². The lowest BCUT2D eigenvalue weighted by Crippen LogP contribution is -2.08. The zero-order valence-electron chi connectivity index (χ0n) is 10.5. The third kappa shape index (κ3) is 3.10. The van der Waals surface area contributed by atoms with Crippen LogP contribution < -0.4 is 5.32 Å². The minimum Gasteiger partial charge on any atom is -0.478 e. The summed E-state index contributed by atoms with van der Waals surface area (Å²) >= 11 is 0. The van der Waals surface area contributed by atoms with E-state index in [9.17, 15) is 9.18 Å². The van der Waals surface area contributed by atoms with E-state index in [1.807, 2.05) is 13.0 Å². The molecule has 0 bridgehead atoms. The largest absolute Gasteiger partial charge is 0.478 e. The molecule has 2 aromatic carbocycles. The Morgan fingerprint density at radius 1 is 1.21 bits per heavy atom. The van der Waals surface area contributed by atoms with Crippen molar-refractivity contribution in [1.82, 2.24) is 0 Å². The molecule has 0 aromatic heterocycles. The molecule has 0 unspecified atom stereocenters. The molecule has 0 atom stereocenters. The van der Waals surface area contributed by atoms with Gasteiger partial charge in [0.1, 0.15) is 5.82 Å². The fourth-order valence-electron chi connectivity index (χ4n) is 1.87. The van der Waals surface area contributed by atoms with Crippen LogP contribution in [0.15, 0.2) is 42.5 Å². The molecule has 0 saturated carbocycles. The number of benzene rings is 2. The highest BCUT2D eigenvalue weighted by molar-refractivity contribution is 5.95. The van der Waals surface area contributed by atoms with E-state index in [2.05, 4.69) is 5.32 Å². The van der Waals surface area contributed by atoms with Gasteiger partial charge in [-0.3, -0.25) is 0 Å². The van der Waals surface area contributed by atoms with Crippen molar-refractivity contribution in [3.8, 4) is 0 Å². The quantitative estimate of drug-likeness (QED) is 0.884. The van der Waals surface area contributed by atoms with Crippen molar-refractivity contribution in [2.45, 2.75) is 13.5 Å². The molecule has 98 valence electrons. The molecule has 0 saturated heterocycles. The summed E-state index contributed by atoms with van der Waals surface area (Å²) in [6, 6.07) is 11.2. The van der Waals surface area contributed by atoms with Crippen molar-refractivity contribution in [3.63, 3.8) is 0 Å². The van der Waals surface area contributed by atoms with E-state index < -0.39 is 5.97 Å². The van der Waals surface area contributed by atoms with Gasteiger partial charge in [-0.15, -0.1) is 0 Å². The second-order valence-electron chi connectivity index (χ2n) is 4.28. The van der Waals surface area contributed by atoms with Gasteiger partial charge in [0, 0.05) is 6.54 Å². The Morgan fingerprint density at radius 2 is 1.89 bits per heavy atom. The van der Waals surface area contributed by atoms with Crippen molar-refractivity contribution >= 4 is 11.7 Å². The van der Waals surface area contributed by atoms with Gasteiger partial charge in [0.2, 0.25) is 0 Å². The van der Waals surface area contributed by atoms with Crippen molar-refractivity contribution in [2.24, 2.45) is 0 Å². The first-order valence-corrected chi connectivity index (χ1v) is 5.89. The summed E-state index contributed by atoms with van der Waals surface area (Å²) in [6.45, 7) is 2.30. The van der Waals surface area contributed by atoms with Crippen LogP contribution in [0.2, 0.25) is 0 Å². The number of anilines is 1. The van der Waals surface area contributed by atoms with E-state index >= 15 is 0 Å². The van der Waals surface area contributed by atoms with Crippen LogP contribution >= 0.6 is 0 Å². The molecule has 0 fully saturated rings. The highest BCUT2D eigenvalue weighted by atomic mass is 19.1. The molecular weight excluding hydrogens is 245 g/mol. The Hall–Kier alpha value is -2.36. The third-order valence-electron chi connectivity index (χ3n) is 2.89. The first-order valence-electron chi connectivity index (χ1n) is 5.89. The van der Waals surface area contributed by atoms with E-state index in [4.69, 9.17) is 5.11 Å². The van der Waals surface area contributed by atoms with Crippen LogP contribution in [0, 0.1) is 12.7 Å². The summed E-state index contributed by atoms with van der Waals surface area (Å²) in [5.41, 5.74) is 2.59. The Labute approximate surface area is 110 Å². The Balaban J connectivity index is 2.19. The maximum Gasteiger partial charge on any atom is 0.337 e. The van der Waals surface area contributed by atoms with Gasteiger partial charge in [0.25, 0.3) is 0 Å². The van der Waals surface area contributed by atoms with E-state index in [0.29, 0.717) is 12.2 Å². The number of aromatic carboxylic acids is 1. The summed E-state index contributed by atoms with van der Waals surface area (Å²) in [7, 11) is 0. The van der Waals surface area contributed by atoms with Gasteiger partial charge < -0.3 is 10.4 Å². The Bertz CT molecular complexity index is 594. The van der Waals surface area contributed by atoms with Crippen LogP contribution in [-0.4, -0.2) is 11.1 Å². The average molecular weight is 259 g/mol. The van der Waals surface area contributed by atoms with Crippen LogP contribution in [0.5, 0.6) is 0 Å². The molecule has 3 nitrogen and oxygen atoms in total. The zero-order chi connectivity index (χ0) is 13.8. The van der Waals surface area contributed by atoms with Gasteiger partial charge in [-0.1, -0.05) is 24.3 Å². The predicted molar refractivity (Wildman–Crippen MR) is 71.9 cm³/mol. The van der Waals surface area contributed by atoms with Gasteiger partial charge in [-0.05, 0) is 36.2 Å². The lowest BCUT2D eigenvalue weighted by atomic mass is 10.1. The Kier molecular flexibility index (Phi) is 3.80. The predicted octanol–water partition coefficient (Wildman–Crippen LogP) is 3.44. The van der Waals surface area contributed by atoms with Gasteiger partial charge >= 0.3 is 5.97 Å².